The second-order valence-electron chi connectivity index (χ2n) is 5.19. The summed E-state index contributed by atoms with van der Waals surface area (Å²) < 4.78 is 0. The molecule has 0 heterocycles. The molecule has 0 spiro atoms. The standard InChI is InChI=1S/C18H34/c1-3-5-7-9-11-13-15-17-18-16-14-12-10-8-6-4-2/h5,7,12,14H,3-4,6,8-11,13,15-18H2,1-2H3/b7-5+,14-12+. The van der Waals surface area contributed by atoms with Crippen molar-refractivity contribution in [3.63, 3.8) is 0 Å². The molecule has 0 rings (SSSR count). The summed E-state index contributed by atoms with van der Waals surface area (Å²) in [5, 5.41) is 0. The molecule has 0 saturated heterocycles. The quantitative estimate of drug-likeness (QED) is 0.248. The first kappa shape index (κ1) is 17.5. The largest absolute Gasteiger partial charge is 0.0888 e. The van der Waals surface area contributed by atoms with Crippen LogP contribution in [-0.4, -0.2) is 0 Å². The lowest BCUT2D eigenvalue weighted by atomic mass is 10.1. The van der Waals surface area contributed by atoms with E-state index < -0.39 is 0 Å². The van der Waals surface area contributed by atoms with Crippen molar-refractivity contribution in [2.75, 3.05) is 0 Å². The minimum absolute atomic E-state index is 1.19. The zero-order valence-electron chi connectivity index (χ0n) is 12.8. The molecule has 0 radical (unpaired) electrons. The third-order valence-corrected chi connectivity index (χ3v) is 3.28. The van der Waals surface area contributed by atoms with Gasteiger partial charge in [0.2, 0.25) is 0 Å². The summed E-state index contributed by atoms with van der Waals surface area (Å²) in [5.41, 5.74) is 0. The normalized spacial score (nSPS) is 11.9. The Morgan fingerprint density at radius 3 is 1.44 bits per heavy atom. The van der Waals surface area contributed by atoms with E-state index in [-0.39, 0.29) is 0 Å². The molecule has 0 fully saturated rings. The van der Waals surface area contributed by atoms with Crippen LogP contribution in [0.2, 0.25) is 0 Å². The van der Waals surface area contributed by atoms with Crippen molar-refractivity contribution < 1.29 is 0 Å². The smallest absolute Gasteiger partial charge is 0.0351 e. The van der Waals surface area contributed by atoms with Crippen LogP contribution >= 0.6 is 0 Å². The topological polar surface area (TPSA) is 0 Å². The number of hydrogen-bond donors (Lipinski definition) is 0. The SMILES string of the molecule is CC/C=C/CCCCCCC/C=C/CCCCC. The van der Waals surface area contributed by atoms with Crippen molar-refractivity contribution in [3.8, 4) is 0 Å². The molecule has 0 aromatic rings. The first-order valence-electron chi connectivity index (χ1n) is 8.21. The van der Waals surface area contributed by atoms with Gasteiger partial charge in [-0.25, -0.2) is 0 Å². The number of hydrogen-bond acceptors (Lipinski definition) is 0. The van der Waals surface area contributed by atoms with Gasteiger partial charge in [0.05, 0.1) is 0 Å². The Morgan fingerprint density at radius 2 is 0.944 bits per heavy atom. The highest BCUT2D eigenvalue weighted by Gasteiger charge is 1.89. The van der Waals surface area contributed by atoms with Crippen molar-refractivity contribution in [1.82, 2.24) is 0 Å². The highest BCUT2D eigenvalue weighted by molar-refractivity contribution is 4.81. The molecule has 0 atom stereocenters. The van der Waals surface area contributed by atoms with Gasteiger partial charge in [-0.05, 0) is 44.9 Å². The molecule has 0 aromatic carbocycles. The van der Waals surface area contributed by atoms with Crippen LogP contribution in [0.3, 0.4) is 0 Å². The second-order valence-corrected chi connectivity index (χ2v) is 5.19. The number of unbranched alkanes of at least 4 members (excludes halogenated alkanes) is 9. The van der Waals surface area contributed by atoms with E-state index in [9.17, 15) is 0 Å². The van der Waals surface area contributed by atoms with Crippen LogP contribution < -0.4 is 0 Å². The van der Waals surface area contributed by atoms with Crippen LogP contribution in [0.5, 0.6) is 0 Å². The fourth-order valence-corrected chi connectivity index (χ4v) is 2.09. The fourth-order valence-electron chi connectivity index (χ4n) is 2.09. The fraction of sp³-hybridized carbons (Fsp3) is 0.778. The maximum Gasteiger partial charge on any atom is -0.0351 e. The third kappa shape index (κ3) is 15.5. The molecule has 106 valence electrons. The van der Waals surface area contributed by atoms with E-state index in [1.54, 1.807) is 0 Å². The van der Waals surface area contributed by atoms with Gasteiger partial charge in [0.25, 0.3) is 0 Å². The van der Waals surface area contributed by atoms with Crippen molar-refractivity contribution in [2.24, 2.45) is 0 Å². The molecule has 0 aliphatic carbocycles. The molecule has 0 N–H and O–H groups in total. The monoisotopic (exact) mass is 250 g/mol. The Hall–Kier alpha value is -0.520. The van der Waals surface area contributed by atoms with Gasteiger partial charge in [0.15, 0.2) is 0 Å². The molecule has 0 unspecified atom stereocenters. The van der Waals surface area contributed by atoms with Crippen LogP contribution in [0.4, 0.5) is 0 Å². The maximum absolute atomic E-state index is 2.39. The van der Waals surface area contributed by atoms with E-state index in [2.05, 4.69) is 38.2 Å². The molecule has 0 saturated carbocycles. The van der Waals surface area contributed by atoms with Crippen molar-refractivity contribution >= 4 is 0 Å². The van der Waals surface area contributed by atoms with Crippen molar-refractivity contribution in [1.29, 1.82) is 0 Å². The Kier molecular flexibility index (Phi) is 16.0. The average Bonchev–Trinajstić information content (AvgIpc) is 2.39. The van der Waals surface area contributed by atoms with Gasteiger partial charge < -0.3 is 0 Å². The molecule has 0 heteroatoms. The Balaban J connectivity index is 3.04. The lowest BCUT2D eigenvalue weighted by Gasteiger charge is -1.98. The summed E-state index contributed by atoms with van der Waals surface area (Å²) in [7, 11) is 0. The maximum atomic E-state index is 2.39. The van der Waals surface area contributed by atoms with Crippen LogP contribution in [0, 0.1) is 0 Å². The summed E-state index contributed by atoms with van der Waals surface area (Å²) in [4.78, 5) is 0. The Morgan fingerprint density at radius 1 is 0.500 bits per heavy atom. The summed E-state index contributed by atoms with van der Waals surface area (Å²) in [6.45, 7) is 4.47. The van der Waals surface area contributed by atoms with E-state index in [1.807, 2.05) is 0 Å². The molecule has 0 aliphatic rings. The minimum atomic E-state index is 1.19. The molecular formula is C18H34. The van der Waals surface area contributed by atoms with Gasteiger partial charge >= 0.3 is 0 Å². The zero-order chi connectivity index (χ0) is 13.3. The average molecular weight is 250 g/mol. The van der Waals surface area contributed by atoms with Gasteiger partial charge in [-0.2, -0.15) is 0 Å². The Labute approximate surface area is 116 Å². The Bertz CT molecular complexity index is 188. The third-order valence-electron chi connectivity index (χ3n) is 3.28. The van der Waals surface area contributed by atoms with E-state index in [0.29, 0.717) is 0 Å². The van der Waals surface area contributed by atoms with E-state index in [4.69, 9.17) is 0 Å². The summed E-state index contributed by atoms with van der Waals surface area (Å²) in [6, 6.07) is 0. The van der Waals surface area contributed by atoms with Crippen molar-refractivity contribution in [2.45, 2.75) is 90.9 Å². The molecule has 18 heavy (non-hydrogen) atoms. The molecule has 0 aromatic heterocycles. The molecule has 0 bridgehead atoms. The molecular weight excluding hydrogens is 216 g/mol. The van der Waals surface area contributed by atoms with E-state index in [0.717, 1.165) is 0 Å². The van der Waals surface area contributed by atoms with Gasteiger partial charge in [-0.1, -0.05) is 70.3 Å². The van der Waals surface area contributed by atoms with Crippen LogP contribution in [0.25, 0.3) is 0 Å². The van der Waals surface area contributed by atoms with Crippen LogP contribution in [-0.2, 0) is 0 Å². The van der Waals surface area contributed by atoms with Gasteiger partial charge in [0, 0.05) is 0 Å². The van der Waals surface area contributed by atoms with Gasteiger partial charge in [0.1, 0.15) is 0 Å². The summed E-state index contributed by atoms with van der Waals surface area (Å²) in [5.74, 6) is 0. The molecule has 0 nitrogen and oxygen atoms in total. The second kappa shape index (κ2) is 16.5. The van der Waals surface area contributed by atoms with E-state index in [1.165, 1.54) is 77.0 Å². The van der Waals surface area contributed by atoms with Gasteiger partial charge in [-0.15, -0.1) is 0 Å². The highest BCUT2D eigenvalue weighted by Crippen LogP contribution is 2.08. The predicted octanol–water partition coefficient (Wildman–Crippen LogP) is 6.82. The summed E-state index contributed by atoms with van der Waals surface area (Å²) >= 11 is 0. The molecule has 0 amide bonds. The lowest BCUT2D eigenvalue weighted by molar-refractivity contribution is 0.621. The lowest BCUT2D eigenvalue weighted by Crippen LogP contribution is -1.78. The first-order chi connectivity index (χ1) is 8.91. The van der Waals surface area contributed by atoms with Crippen molar-refractivity contribution in [3.05, 3.63) is 24.3 Å². The van der Waals surface area contributed by atoms with Crippen LogP contribution in [0.15, 0.2) is 24.3 Å². The van der Waals surface area contributed by atoms with Gasteiger partial charge in [-0.3, -0.25) is 0 Å². The first-order valence-corrected chi connectivity index (χ1v) is 8.21. The highest BCUT2D eigenvalue weighted by atomic mass is 13.9. The molecule has 0 aliphatic heterocycles. The number of allylic oxidation sites excluding steroid dienone is 4. The minimum Gasteiger partial charge on any atom is -0.0888 e. The van der Waals surface area contributed by atoms with E-state index >= 15 is 0 Å². The zero-order valence-corrected chi connectivity index (χ0v) is 12.8. The van der Waals surface area contributed by atoms with Crippen LogP contribution in [0.1, 0.15) is 90.9 Å². The predicted molar refractivity (Wildman–Crippen MR) is 85.0 cm³/mol. The summed E-state index contributed by atoms with van der Waals surface area (Å²) in [6.07, 6.45) is 25.5. The number of rotatable bonds is 13.